The van der Waals surface area contributed by atoms with Crippen LogP contribution in [0.1, 0.15) is 33.6 Å². The first-order valence-corrected chi connectivity index (χ1v) is 7.59. The zero-order valence-corrected chi connectivity index (χ0v) is 11.5. The SMILES string of the molecule is CCNCC(C)S(=O)(=O)N(C)C(C)C1CC1. The van der Waals surface area contributed by atoms with Crippen molar-refractivity contribution < 1.29 is 8.42 Å². The normalized spacial score (nSPS) is 21.1. The average Bonchev–Trinajstić information content (AvgIpc) is 3.07. The minimum Gasteiger partial charge on any atom is -0.316 e. The molecule has 0 aromatic heterocycles. The highest BCUT2D eigenvalue weighted by atomic mass is 32.2. The first-order chi connectivity index (χ1) is 7.41. The molecule has 1 fully saturated rings. The molecule has 0 radical (unpaired) electrons. The van der Waals surface area contributed by atoms with E-state index in [1.165, 1.54) is 12.8 Å². The molecule has 1 rings (SSSR count). The first-order valence-electron chi connectivity index (χ1n) is 6.08. The quantitative estimate of drug-likeness (QED) is 0.732. The number of rotatable bonds is 7. The van der Waals surface area contributed by atoms with Crippen LogP contribution in [0.2, 0.25) is 0 Å². The molecular formula is C11H24N2O2S. The van der Waals surface area contributed by atoms with Crippen LogP contribution in [-0.4, -0.2) is 44.2 Å². The molecule has 0 aromatic carbocycles. The van der Waals surface area contributed by atoms with Gasteiger partial charge < -0.3 is 5.32 Å². The Kier molecular flexibility index (Phi) is 4.76. The third-order valence-electron chi connectivity index (χ3n) is 3.47. The van der Waals surface area contributed by atoms with Gasteiger partial charge in [-0.25, -0.2) is 12.7 Å². The highest BCUT2D eigenvalue weighted by Crippen LogP contribution is 2.35. The Morgan fingerprint density at radius 3 is 2.38 bits per heavy atom. The van der Waals surface area contributed by atoms with Crippen molar-refractivity contribution in [3.05, 3.63) is 0 Å². The van der Waals surface area contributed by atoms with Crippen molar-refractivity contribution in [2.45, 2.75) is 44.9 Å². The fourth-order valence-electron chi connectivity index (χ4n) is 1.84. The van der Waals surface area contributed by atoms with Gasteiger partial charge >= 0.3 is 0 Å². The van der Waals surface area contributed by atoms with Crippen LogP contribution >= 0.6 is 0 Å². The summed E-state index contributed by atoms with van der Waals surface area (Å²) < 4.78 is 26.0. The summed E-state index contributed by atoms with van der Waals surface area (Å²) in [6.45, 7) is 7.10. The molecule has 0 spiro atoms. The fraction of sp³-hybridized carbons (Fsp3) is 1.00. The second-order valence-corrected chi connectivity index (χ2v) is 7.17. The molecule has 96 valence electrons. The highest BCUT2D eigenvalue weighted by Gasteiger charge is 2.37. The molecule has 1 aliphatic carbocycles. The predicted octanol–water partition coefficient (Wildman–Crippen LogP) is 1.04. The van der Waals surface area contributed by atoms with Crippen molar-refractivity contribution in [1.29, 1.82) is 0 Å². The molecule has 0 aliphatic heterocycles. The Bertz CT molecular complexity index is 312. The van der Waals surface area contributed by atoms with Crippen LogP contribution in [0.15, 0.2) is 0 Å². The number of hydrogen-bond acceptors (Lipinski definition) is 3. The van der Waals surface area contributed by atoms with Gasteiger partial charge in [0.15, 0.2) is 0 Å². The molecule has 2 atom stereocenters. The molecule has 16 heavy (non-hydrogen) atoms. The highest BCUT2D eigenvalue weighted by molar-refractivity contribution is 7.89. The summed E-state index contributed by atoms with van der Waals surface area (Å²) in [6.07, 6.45) is 2.34. The topological polar surface area (TPSA) is 49.4 Å². The van der Waals surface area contributed by atoms with Crippen LogP contribution in [0.25, 0.3) is 0 Å². The molecule has 0 bridgehead atoms. The Morgan fingerprint density at radius 2 is 1.94 bits per heavy atom. The predicted molar refractivity (Wildman–Crippen MR) is 66.9 cm³/mol. The van der Waals surface area contributed by atoms with E-state index in [9.17, 15) is 8.42 Å². The summed E-state index contributed by atoms with van der Waals surface area (Å²) >= 11 is 0. The number of hydrogen-bond donors (Lipinski definition) is 1. The molecule has 1 N–H and O–H groups in total. The van der Waals surface area contributed by atoms with Crippen molar-refractivity contribution in [3.63, 3.8) is 0 Å². The van der Waals surface area contributed by atoms with Crippen molar-refractivity contribution in [1.82, 2.24) is 9.62 Å². The van der Waals surface area contributed by atoms with Crippen LogP contribution < -0.4 is 5.32 Å². The van der Waals surface area contributed by atoms with Gasteiger partial charge in [0, 0.05) is 19.6 Å². The van der Waals surface area contributed by atoms with E-state index in [-0.39, 0.29) is 11.3 Å². The number of nitrogens with one attached hydrogen (secondary N) is 1. The van der Waals surface area contributed by atoms with Crippen LogP contribution in [0, 0.1) is 5.92 Å². The lowest BCUT2D eigenvalue weighted by Crippen LogP contribution is -2.44. The summed E-state index contributed by atoms with van der Waals surface area (Å²) in [7, 11) is -1.44. The third-order valence-corrected chi connectivity index (χ3v) is 5.79. The number of nitrogens with zero attached hydrogens (tertiary/aromatic N) is 1. The summed E-state index contributed by atoms with van der Waals surface area (Å²) in [5.41, 5.74) is 0. The molecule has 5 heteroatoms. The molecular weight excluding hydrogens is 224 g/mol. The van der Waals surface area contributed by atoms with Crippen molar-refractivity contribution in [2.75, 3.05) is 20.1 Å². The Morgan fingerprint density at radius 1 is 1.38 bits per heavy atom. The minimum absolute atomic E-state index is 0.147. The van der Waals surface area contributed by atoms with E-state index in [1.54, 1.807) is 18.3 Å². The summed E-state index contributed by atoms with van der Waals surface area (Å²) in [4.78, 5) is 0. The standard InChI is InChI=1S/C11H24N2O2S/c1-5-12-8-9(2)16(14,15)13(4)10(3)11-6-7-11/h9-12H,5-8H2,1-4H3. The van der Waals surface area contributed by atoms with Gasteiger partial charge in [-0.2, -0.15) is 0 Å². The van der Waals surface area contributed by atoms with Crippen LogP contribution in [0.3, 0.4) is 0 Å². The molecule has 0 heterocycles. The van der Waals surface area contributed by atoms with Crippen LogP contribution in [0.4, 0.5) is 0 Å². The van der Waals surface area contributed by atoms with E-state index in [0.717, 1.165) is 6.54 Å². The Balaban J connectivity index is 2.60. The van der Waals surface area contributed by atoms with E-state index in [0.29, 0.717) is 12.5 Å². The molecule has 1 aliphatic rings. The maximum absolute atomic E-state index is 12.2. The first kappa shape index (κ1) is 13.9. The van der Waals surface area contributed by atoms with E-state index >= 15 is 0 Å². The smallest absolute Gasteiger partial charge is 0.217 e. The van der Waals surface area contributed by atoms with E-state index in [2.05, 4.69) is 5.32 Å². The lowest BCUT2D eigenvalue weighted by atomic mass is 10.2. The summed E-state index contributed by atoms with van der Waals surface area (Å²) in [5.74, 6) is 0.575. The van der Waals surface area contributed by atoms with Gasteiger partial charge in [0.25, 0.3) is 0 Å². The zero-order chi connectivity index (χ0) is 12.3. The van der Waals surface area contributed by atoms with Gasteiger partial charge in [-0.05, 0) is 39.2 Å². The van der Waals surface area contributed by atoms with Gasteiger partial charge in [-0.15, -0.1) is 0 Å². The van der Waals surface area contributed by atoms with E-state index in [4.69, 9.17) is 0 Å². The fourth-order valence-corrected chi connectivity index (χ4v) is 3.38. The molecule has 2 unspecified atom stereocenters. The van der Waals surface area contributed by atoms with Crippen molar-refractivity contribution in [2.24, 2.45) is 5.92 Å². The van der Waals surface area contributed by atoms with Gasteiger partial charge in [-0.3, -0.25) is 0 Å². The largest absolute Gasteiger partial charge is 0.316 e. The molecule has 0 amide bonds. The maximum Gasteiger partial charge on any atom is 0.217 e. The molecule has 1 saturated carbocycles. The molecule has 0 saturated heterocycles. The minimum atomic E-state index is -3.14. The molecule has 4 nitrogen and oxygen atoms in total. The van der Waals surface area contributed by atoms with E-state index < -0.39 is 10.0 Å². The van der Waals surface area contributed by atoms with Gasteiger partial charge in [0.2, 0.25) is 10.0 Å². The van der Waals surface area contributed by atoms with Crippen molar-refractivity contribution >= 4 is 10.0 Å². The van der Waals surface area contributed by atoms with Crippen molar-refractivity contribution in [3.8, 4) is 0 Å². The lowest BCUT2D eigenvalue weighted by molar-refractivity contribution is 0.352. The van der Waals surface area contributed by atoms with Gasteiger partial charge in [0.05, 0.1) is 5.25 Å². The van der Waals surface area contributed by atoms with Crippen LogP contribution in [-0.2, 0) is 10.0 Å². The van der Waals surface area contributed by atoms with Gasteiger partial charge in [0.1, 0.15) is 0 Å². The molecule has 0 aromatic rings. The number of sulfonamides is 1. The van der Waals surface area contributed by atoms with E-state index in [1.807, 2.05) is 13.8 Å². The van der Waals surface area contributed by atoms with Crippen LogP contribution in [0.5, 0.6) is 0 Å². The monoisotopic (exact) mass is 248 g/mol. The Hall–Kier alpha value is -0.130. The Labute approximate surface area is 99.5 Å². The summed E-state index contributed by atoms with van der Waals surface area (Å²) in [6, 6.07) is 0.147. The second kappa shape index (κ2) is 5.47. The lowest BCUT2D eigenvalue weighted by Gasteiger charge is -2.27. The second-order valence-electron chi connectivity index (χ2n) is 4.76. The maximum atomic E-state index is 12.2. The third kappa shape index (κ3) is 3.18. The van der Waals surface area contributed by atoms with Gasteiger partial charge in [-0.1, -0.05) is 6.92 Å². The summed E-state index contributed by atoms with van der Waals surface area (Å²) in [5, 5.41) is 2.74. The zero-order valence-electron chi connectivity index (χ0n) is 10.7. The average molecular weight is 248 g/mol.